The Morgan fingerprint density at radius 2 is 1.03 bits per heavy atom. The fourth-order valence-electron chi connectivity index (χ4n) is 4.98. The maximum Gasteiger partial charge on any atom is 0.140 e. The average Bonchev–Trinajstić information content (AvgIpc) is 2.90. The number of anilines is 2. The van der Waals surface area contributed by atoms with Gasteiger partial charge in [0.15, 0.2) is 0 Å². The smallest absolute Gasteiger partial charge is 0.140 e. The largest absolute Gasteiger partial charge is 0.378 e. The molecule has 0 aromatic heterocycles. The number of ether oxygens (including phenoxy) is 1. The number of rotatable bonds is 5. The van der Waals surface area contributed by atoms with E-state index in [-0.39, 0.29) is 0 Å². The summed E-state index contributed by atoms with van der Waals surface area (Å²) >= 11 is 0. The molecule has 32 heavy (non-hydrogen) atoms. The molecule has 2 aliphatic rings. The molecule has 4 heteroatoms. The van der Waals surface area contributed by atoms with E-state index in [9.17, 15) is 5.11 Å². The quantitative estimate of drug-likeness (QED) is 0.593. The van der Waals surface area contributed by atoms with Crippen molar-refractivity contribution in [1.82, 2.24) is 0 Å². The summed E-state index contributed by atoms with van der Waals surface area (Å²) in [6.45, 7) is 5.56. The monoisotopic (exact) mass is 428 g/mol. The van der Waals surface area contributed by atoms with Crippen molar-refractivity contribution in [2.24, 2.45) is 0 Å². The number of benzene rings is 3. The molecule has 0 radical (unpaired) electrons. The lowest BCUT2D eigenvalue weighted by atomic mass is 9.80. The van der Waals surface area contributed by atoms with Gasteiger partial charge in [0.05, 0.1) is 13.2 Å². The highest BCUT2D eigenvalue weighted by atomic mass is 16.5. The lowest BCUT2D eigenvalue weighted by molar-refractivity contribution is 0.122. The normalized spacial score (nSPS) is 18.9. The third kappa shape index (κ3) is 4.13. The van der Waals surface area contributed by atoms with E-state index in [1.54, 1.807) is 0 Å². The van der Waals surface area contributed by atoms with E-state index in [0.717, 1.165) is 56.1 Å². The van der Waals surface area contributed by atoms with E-state index in [1.165, 1.54) is 30.6 Å². The molecule has 2 saturated heterocycles. The van der Waals surface area contributed by atoms with E-state index in [4.69, 9.17) is 4.74 Å². The molecule has 5 rings (SSSR count). The van der Waals surface area contributed by atoms with Gasteiger partial charge in [-0.05, 0) is 60.2 Å². The standard InChI is InChI=1S/C28H32N2O2/c31-28(23-7-3-1-4-8-23,24-9-13-26(14-10-24)29-17-5-2-6-18-29)25-11-15-27(16-12-25)30-19-21-32-22-20-30/h1,3-4,7-16,31H,2,5-6,17-22H2. The summed E-state index contributed by atoms with van der Waals surface area (Å²) in [6.07, 6.45) is 3.83. The van der Waals surface area contributed by atoms with Gasteiger partial charge < -0.3 is 19.6 Å². The van der Waals surface area contributed by atoms with Crippen LogP contribution in [0.5, 0.6) is 0 Å². The molecule has 0 bridgehead atoms. The van der Waals surface area contributed by atoms with Gasteiger partial charge in [0.1, 0.15) is 5.60 Å². The second-order valence-corrected chi connectivity index (χ2v) is 8.82. The zero-order valence-corrected chi connectivity index (χ0v) is 18.6. The lowest BCUT2D eigenvalue weighted by Gasteiger charge is -2.33. The van der Waals surface area contributed by atoms with E-state index in [1.807, 2.05) is 30.3 Å². The minimum absolute atomic E-state index is 0.763. The van der Waals surface area contributed by atoms with Crippen molar-refractivity contribution in [3.8, 4) is 0 Å². The number of morpholine rings is 1. The Labute approximate surface area is 191 Å². The van der Waals surface area contributed by atoms with Gasteiger partial charge in [0.25, 0.3) is 0 Å². The maximum atomic E-state index is 12.2. The minimum Gasteiger partial charge on any atom is -0.378 e. The van der Waals surface area contributed by atoms with Gasteiger partial charge in [-0.3, -0.25) is 0 Å². The molecule has 3 aromatic rings. The molecule has 0 spiro atoms. The second-order valence-electron chi connectivity index (χ2n) is 8.82. The van der Waals surface area contributed by atoms with Gasteiger partial charge >= 0.3 is 0 Å². The first kappa shape index (κ1) is 21.0. The number of hydrogen-bond donors (Lipinski definition) is 1. The topological polar surface area (TPSA) is 35.9 Å². The van der Waals surface area contributed by atoms with Crippen LogP contribution in [-0.4, -0.2) is 44.5 Å². The summed E-state index contributed by atoms with van der Waals surface area (Å²) in [5.74, 6) is 0. The zero-order valence-electron chi connectivity index (χ0n) is 18.6. The Balaban J connectivity index is 1.49. The molecule has 1 atom stereocenters. The molecule has 1 unspecified atom stereocenters. The van der Waals surface area contributed by atoms with Crippen LogP contribution >= 0.6 is 0 Å². The van der Waals surface area contributed by atoms with Gasteiger partial charge in [-0.25, -0.2) is 0 Å². The summed E-state index contributed by atoms with van der Waals surface area (Å²) in [6, 6.07) is 26.9. The van der Waals surface area contributed by atoms with Crippen LogP contribution < -0.4 is 9.80 Å². The first-order valence-electron chi connectivity index (χ1n) is 11.8. The molecule has 2 aliphatic heterocycles. The van der Waals surface area contributed by atoms with Crippen LogP contribution in [0, 0.1) is 0 Å². The maximum absolute atomic E-state index is 12.2. The van der Waals surface area contributed by atoms with E-state index >= 15 is 0 Å². The van der Waals surface area contributed by atoms with Gasteiger partial charge in [-0.2, -0.15) is 0 Å². The number of hydrogen-bond acceptors (Lipinski definition) is 4. The average molecular weight is 429 g/mol. The van der Waals surface area contributed by atoms with E-state index in [2.05, 4.69) is 58.3 Å². The summed E-state index contributed by atoms with van der Waals surface area (Å²) in [4.78, 5) is 4.79. The van der Waals surface area contributed by atoms with Crippen LogP contribution in [0.25, 0.3) is 0 Å². The number of nitrogens with zero attached hydrogens (tertiary/aromatic N) is 2. The van der Waals surface area contributed by atoms with Crippen molar-refractivity contribution in [2.45, 2.75) is 24.9 Å². The highest BCUT2D eigenvalue weighted by Crippen LogP contribution is 2.38. The van der Waals surface area contributed by atoms with Crippen molar-refractivity contribution in [1.29, 1.82) is 0 Å². The molecular formula is C28H32N2O2. The van der Waals surface area contributed by atoms with Crippen molar-refractivity contribution in [2.75, 3.05) is 49.2 Å². The summed E-state index contributed by atoms with van der Waals surface area (Å²) in [5, 5.41) is 12.2. The highest BCUT2D eigenvalue weighted by Gasteiger charge is 2.34. The van der Waals surface area contributed by atoms with Crippen molar-refractivity contribution in [3.63, 3.8) is 0 Å². The van der Waals surface area contributed by atoms with Gasteiger partial charge in [-0.1, -0.05) is 54.6 Å². The van der Waals surface area contributed by atoms with Gasteiger partial charge in [-0.15, -0.1) is 0 Å². The fourth-order valence-corrected chi connectivity index (χ4v) is 4.98. The van der Waals surface area contributed by atoms with Crippen molar-refractivity contribution < 1.29 is 9.84 Å². The SMILES string of the molecule is OC(c1ccccc1)(c1ccc(N2CCCCC2)cc1)c1ccc(N2CCOCC2)cc1. The van der Waals surface area contributed by atoms with Crippen molar-refractivity contribution >= 4 is 11.4 Å². The third-order valence-corrected chi connectivity index (χ3v) is 6.86. The zero-order chi connectivity index (χ0) is 21.8. The highest BCUT2D eigenvalue weighted by molar-refractivity contribution is 5.56. The second kappa shape index (κ2) is 9.35. The summed E-state index contributed by atoms with van der Waals surface area (Å²) < 4.78 is 5.48. The van der Waals surface area contributed by atoms with Crippen LogP contribution in [0.2, 0.25) is 0 Å². The van der Waals surface area contributed by atoms with Crippen LogP contribution in [0.3, 0.4) is 0 Å². The van der Waals surface area contributed by atoms with Crippen molar-refractivity contribution in [3.05, 3.63) is 95.6 Å². The van der Waals surface area contributed by atoms with E-state index in [0.29, 0.717) is 0 Å². The van der Waals surface area contributed by atoms with E-state index < -0.39 is 5.60 Å². The number of piperidine rings is 1. The van der Waals surface area contributed by atoms with Crippen LogP contribution in [0.1, 0.15) is 36.0 Å². The molecule has 3 aromatic carbocycles. The Morgan fingerprint density at radius 3 is 1.56 bits per heavy atom. The van der Waals surface area contributed by atoms with Gasteiger partial charge in [0, 0.05) is 37.6 Å². The Bertz CT molecular complexity index is 928. The molecule has 2 fully saturated rings. The number of aliphatic hydroxyl groups is 1. The Hall–Kier alpha value is -2.82. The minimum atomic E-state index is -1.20. The van der Waals surface area contributed by atoms with Gasteiger partial charge in [0.2, 0.25) is 0 Å². The molecule has 1 N–H and O–H groups in total. The predicted molar refractivity (Wildman–Crippen MR) is 131 cm³/mol. The predicted octanol–water partition coefficient (Wildman–Crippen LogP) is 4.80. The molecule has 166 valence electrons. The first-order chi connectivity index (χ1) is 15.7. The molecule has 0 saturated carbocycles. The third-order valence-electron chi connectivity index (χ3n) is 6.86. The molecule has 4 nitrogen and oxygen atoms in total. The molecule has 2 heterocycles. The van der Waals surface area contributed by atoms with Crippen LogP contribution in [-0.2, 0) is 10.3 Å². The Kier molecular flexibility index (Phi) is 6.15. The molecule has 0 amide bonds. The molecular weight excluding hydrogens is 396 g/mol. The Morgan fingerprint density at radius 1 is 0.562 bits per heavy atom. The summed E-state index contributed by atoms with van der Waals surface area (Å²) in [5.41, 5.74) is 3.87. The molecule has 0 aliphatic carbocycles. The van der Waals surface area contributed by atoms with Crippen LogP contribution in [0.4, 0.5) is 11.4 Å². The lowest BCUT2D eigenvalue weighted by Crippen LogP contribution is -2.36. The first-order valence-corrected chi connectivity index (χ1v) is 11.8. The van der Waals surface area contributed by atoms with Crippen LogP contribution in [0.15, 0.2) is 78.9 Å². The summed E-state index contributed by atoms with van der Waals surface area (Å²) in [7, 11) is 0. The fraction of sp³-hybridized carbons (Fsp3) is 0.357.